The van der Waals surface area contributed by atoms with Gasteiger partial charge in [0.05, 0.1) is 0 Å². The van der Waals surface area contributed by atoms with E-state index >= 15 is 0 Å². The largest absolute Gasteiger partial charge is 0.327 e. The summed E-state index contributed by atoms with van der Waals surface area (Å²) in [7, 11) is 0. The van der Waals surface area contributed by atoms with Gasteiger partial charge >= 0.3 is 0 Å². The lowest BCUT2D eigenvalue weighted by molar-refractivity contribution is 0.440. The molecule has 0 heterocycles. The zero-order valence-corrected chi connectivity index (χ0v) is 11.0. The van der Waals surface area contributed by atoms with Crippen LogP contribution in [0.15, 0.2) is 24.3 Å². The van der Waals surface area contributed by atoms with Crippen LogP contribution in [0.3, 0.4) is 0 Å². The lowest BCUT2D eigenvalue weighted by Crippen LogP contribution is -2.30. The summed E-state index contributed by atoms with van der Waals surface area (Å²) in [4.78, 5) is 0. The van der Waals surface area contributed by atoms with Gasteiger partial charge in [-0.2, -0.15) is 0 Å². The first kappa shape index (κ1) is 12.0. The highest BCUT2D eigenvalue weighted by Gasteiger charge is 2.10. The van der Waals surface area contributed by atoms with Crippen molar-refractivity contribution in [3.63, 3.8) is 0 Å². The van der Waals surface area contributed by atoms with Crippen molar-refractivity contribution in [2.45, 2.75) is 32.7 Å². The fraction of sp³-hybridized carbons (Fsp3) is 0.500. The van der Waals surface area contributed by atoms with Crippen molar-refractivity contribution in [3.8, 4) is 0 Å². The molecule has 78 valence electrons. The molecule has 0 amide bonds. The van der Waals surface area contributed by atoms with Gasteiger partial charge in [0, 0.05) is 9.61 Å². The zero-order chi connectivity index (χ0) is 10.6. The van der Waals surface area contributed by atoms with Crippen molar-refractivity contribution >= 4 is 22.6 Å². The lowest BCUT2D eigenvalue weighted by atomic mass is 9.94. The highest BCUT2D eigenvalue weighted by Crippen LogP contribution is 2.13. The van der Waals surface area contributed by atoms with Gasteiger partial charge in [-0.05, 0) is 52.6 Å². The molecule has 2 atom stereocenters. The highest BCUT2D eigenvalue weighted by atomic mass is 127. The Morgan fingerprint density at radius 2 is 1.86 bits per heavy atom. The molecule has 2 unspecified atom stereocenters. The van der Waals surface area contributed by atoms with Gasteiger partial charge in [0.1, 0.15) is 0 Å². The molecule has 2 N–H and O–H groups in total. The monoisotopic (exact) mass is 303 g/mol. The van der Waals surface area contributed by atoms with Crippen molar-refractivity contribution in [2.75, 3.05) is 0 Å². The number of hydrogen-bond donors (Lipinski definition) is 1. The standard InChI is InChI=1S/C12H18IN/c1-3-9(2)12(14)8-10-4-6-11(13)7-5-10/h4-7,9,12H,3,8,14H2,1-2H3. The van der Waals surface area contributed by atoms with E-state index in [1.165, 1.54) is 9.13 Å². The van der Waals surface area contributed by atoms with E-state index in [0.29, 0.717) is 12.0 Å². The molecular weight excluding hydrogens is 285 g/mol. The second-order valence-corrected chi connectivity index (χ2v) is 5.13. The van der Waals surface area contributed by atoms with E-state index in [2.05, 4.69) is 60.7 Å². The van der Waals surface area contributed by atoms with Crippen LogP contribution in [0, 0.1) is 9.49 Å². The number of benzene rings is 1. The zero-order valence-electron chi connectivity index (χ0n) is 8.83. The Bertz CT molecular complexity index is 268. The van der Waals surface area contributed by atoms with E-state index in [1.54, 1.807) is 0 Å². The Hall–Kier alpha value is -0.0900. The average Bonchev–Trinajstić information content (AvgIpc) is 2.20. The van der Waals surface area contributed by atoms with Crippen molar-refractivity contribution in [1.82, 2.24) is 0 Å². The van der Waals surface area contributed by atoms with Crippen LogP contribution in [0.25, 0.3) is 0 Å². The summed E-state index contributed by atoms with van der Waals surface area (Å²) >= 11 is 2.32. The van der Waals surface area contributed by atoms with Gasteiger partial charge in [-0.3, -0.25) is 0 Å². The summed E-state index contributed by atoms with van der Waals surface area (Å²) in [5.74, 6) is 0.606. The summed E-state index contributed by atoms with van der Waals surface area (Å²) in [5.41, 5.74) is 7.44. The molecule has 1 aromatic carbocycles. The maximum Gasteiger partial charge on any atom is 0.0130 e. The van der Waals surface area contributed by atoms with E-state index in [1.807, 2.05) is 0 Å². The Labute approximate surface area is 100 Å². The molecule has 0 bridgehead atoms. The van der Waals surface area contributed by atoms with Crippen molar-refractivity contribution < 1.29 is 0 Å². The van der Waals surface area contributed by atoms with Gasteiger partial charge in [0.25, 0.3) is 0 Å². The maximum absolute atomic E-state index is 6.10. The normalized spacial score (nSPS) is 15.1. The minimum Gasteiger partial charge on any atom is -0.327 e. The predicted molar refractivity (Wildman–Crippen MR) is 70.3 cm³/mol. The summed E-state index contributed by atoms with van der Waals surface area (Å²) in [6.45, 7) is 4.41. The molecule has 0 aromatic heterocycles. The Morgan fingerprint density at radius 1 is 1.29 bits per heavy atom. The smallest absolute Gasteiger partial charge is 0.0130 e. The van der Waals surface area contributed by atoms with Gasteiger partial charge in [-0.15, -0.1) is 0 Å². The second kappa shape index (κ2) is 5.71. The molecule has 0 saturated carbocycles. The molecule has 0 aliphatic rings. The van der Waals surface area contributed by atoms with Crippen LogP contribution >= 0.6 is 22.6 Å². The second-order valence-electron chi connectivity index (χ2n) is 3.88. The first-order valence-corrected chi connectivity index (χ1v) is 6.21. The van der Waals surface area contributed by atoms with E-state index in [4.69, 9.17) is 5.73 Å². The topological polar surface area (TPSA) is 26.0 Å². The third kappa shape index (κ3) is 3.58. The molecule has 0 radical (unpaired) electrons. The average molecular weight is 303 g/mol. The van der Waals surface area contributed by atoms with Gasteiger partial charge in [-0.1, -0.05) is 32.4 Å². The van der Waals surface area contributed by atoms with E-state index in [9.17, 15) is 0 Å². The maximum atomic E-state index is 6.10. The van der Waals surface area contributed by atoms with Crippen LogP contribution in [0.5, 0.6) is 0 Å². The number of hydrogen-bond acceptors (Lipinski definition) is 1. The quantitative estimate of drug-likeness (QED) is 0.849. The molecule has 0 fully saturated rings. The Kier molecular flexibility index (Phi) is 4.89. The lowest BCUT2D eigenvalue weighted by Gasteiger charge is -2.18. The van der Waals surface area contributed by atoms with Crippen LogP contribution < -0.4 is 5.73 Å². The van der Waals surface area contributed by atoms with Gasteiger partial charge in [-0.25, -0.2) is 0 Å². The van der Waals surface area contributed by atoms with Crippen LogP contribution in [0.2, 0.25) is 0 Å². The predicted octanol–water partition coefficient (Wildman–Crippen LogP) is 3.21. The molecule has 0 aliphatic carbocycles. The number of nitrogens with two attached hydrogens (primary N) is 1. The minimum atomic E-state index is 0.292. The summed E-state index contributed by atoms with van der Waals surface area (Å²) in [6.07, 6.45) is 2.15. The number of halogens is 1. The molecule has 0 aliphatic heterocycles. The van der Waals surface area contributed by atoms with E-state index in [-0.39, 0.29) is 0 Å². The van der Waals surface area contributed by atoms with Crippen molar-refractivity contribution in [3.05, 3.63) is 33.4 Å². The SMILES string of the molecule is CCC(C)C(N)Cc1ccc(I)cc1. The van der Waals surface area contributed by atoms with Crippen LogP contribution in [0.1, 0.15) is 25.8 Å². The fourth-order valence-electron chi connectivity index (χ4n) is 1.40. The van der Waals surface area contributed by atoms with Crippen LogP contribution in [0.4, 0.5) is 0 Å². The van der Waals surface area contributed by atoms with E-state index < -0.39 is 0 Å². The van der Waals surface area contributed by atoms with Gasteiger partial charge in [0.15, 0.2) is 0 Å². The third-order valence-corrected chi connectivity index (χ3v) is 3.48. The third-order valence-electron chi connectivity index (χ3n) is 2.76. The van der Waals surface area contributed by atoms with Gasteiger partial charge < -0.3 is 5.73 Å². The molecule has 0 saturated heterocycles. The van der Waals surface area contributed by atoms with Crippen molar-refractivity contribution in [2.24, 2.45) is 11.7 Å². The minimum absolute atomic E-state index is 0.292. The summed E-state index contributed by atoms with van der Waals surface area (Å²) in [6, 6.07) is 8.91. The van der Waals surface area contributed by atoms with Crippen LogP contribution in [-0.4, -0.2) is 6.04 Å². The Balaban J connectivity index is 2.56. The molecule has 0 spiro atoms. The van der Waals surface area contributed by atoms with Crippen LogP contribution in [-0.2, 0) is 6.42 Å². The molecule has 1 aromatic rings. The highest BCUT2D eigenvalue weighted by molar-refractivity contribution is 14.1. The molecule has 14 heavy (non-hydrogen) atoms. The van der Waals surface area contributed by atoms with E-state index in [0.717, 1.165) is 12.8 Å². The fourth-order valence-corrected chi connectivity index (χ4v) is 1.76. The van der Waals surface area contributed by atoms with Gasteiger partial charge in [0.2, 0.25) is 0 Å². The van der Waals surface area contributed by atoms with Crippen molar-refractivity contribution in [1.29, 1.82) is 0 Å². The molecular formula is C12H18IN. The summed E-state index contributed by atoms with van der Waals surface area (Å²) < 4.78 is 1.28. The molecule has 2 heteroatoms. The first-order valence-electron chi connectivity index (χ1n) is 5.13. The Morgan fingerprint density at radius 3 is 2.36 bits per heavy atom. The molecule has 1 rings (SSSR count). The molecule has 1 nitrogen and oxygen atoms in total. The first-order chi connectivity index (χ1) is 6.63. The summed E-state index contributed by atoms with van der Waals surface area (Å²) in [5, 5.41) is 0. The number of rotatable bonds is 4.